The minimum atomic E-state index is -0.327. The maximum Gasteiger partial charge on any atom is 0.135 e. The van der Waals surface area contributed by atoms with Crippen LogP contribution in [0.3, 0.4) is 0 Å². The second-order valence-corrected chi connectivity index (χ2v) is 5.97. The van der Waals surface area contributed by atoms with E-state index < -0.39 is 0 Å². The number of nitrogens with zero attached hydrogens (tertiary/aromatic N) is 4. The second kappa shape index (κ2) is 5.99. The molecule has 0 aliphatic heterocycles. The fourth-order valence-corrected chi connectivity index (χ4v) is 3.02. The Balaban J connectivity index is 1.59. The van der Waals surface area contributed by atoms with Gasteiger partial charge >= 0.3 is 0 Å². The van der Waals surface area contributed by atoms with Crippen LogP contribution in [-0.4, -0.2) is 37.5 Å². The van der Waals surface area contributed by atoms with Crippen molar-refractivity contribution in [2.45, 2.75) is 24.9 Å². The van der Waals surface area contributed by atoms with Crippen LogP contribution < -0.4 is 5.32 Å². The Morgan fingerprint density at radius 3 is 2.95 bits per heavy atom. The quantitative estimate of drug-likeness (QED) is 0.901. The van der Waals surface area contributed by atoms with Crippen LogP contribution in [0.5, 0.6) is 0 Å². The highest BCUT2D eigenvalue weighted by Gasteiger charge is 2.35. The summed E-state index contributed by atoms with van der Waals surface area (Å²) in [5.41, 5.74) is 0. The van der Waals surface area contributed by atoms with Gasteiger partial charge in [-0.05, 0) is 25.0 Å². The van der Waals surface area contributed by atoms with Crippen LogP contribution in [-0.2, 0) is 7.05 Å². The van der Waals surface area contributed by atoms with E-state index in [1.165, 1.54) is 0 Å². The van der Waals surface area contributed by atoms with Gasteiger partial charge in [0.05, 0.1) is 11.1 Å². The number of hydrogen-bond acceptors (Lipinski definition) is 5. The monoisotopic (exact) mass is 307 g/mol. The summed E-state index contributed by atoms with van der Waals surface area (Å²) in [6.45, 7) is 0.685. The Kier molecular flexibility index (Phi) is 4.07. The molecule has 1 fully saturated rings. The van der Waals surface area contributed by atoms with E-state index >= 15 is 0 Å². The molecule has 1 saturated carbocycles. The van der Waals surface area contributed by atoms with Gasteiger partial charge in [-0.3, -0.25) is 0 Å². The summed E-state index contributed by atoms with van der Waals surface area (Å²) in [7, 11) is 1.94. The molecule has 2 aromatic heterocycles. The molecule has 0 unspecified atom stereocenters. The number of nitrogens with one attached hydrogen (secondary N) is 1. The van der Waals surface area contributed by atoms with Crippen LogP contribution in [0.4, 0.5) is 5.82 Å². The fraction of sp³-hybridized carbons (Fsp3) is 0.500. The topological polar surface area (TPSA) is 75.9 Å². The number of rotatable bonds is 4. The number of aryl methyl sites for hydroxylation is 1. The largest absolute Gasteiger partial charge is 0.393 e. The molecular weight excluding hydrogens is 290 g/mol. The zero-order chi connectivity index (χ0) is 14.8. The van der Waals surface area contributed by atoms with E-state index in [0.29, 0.717) is 11.6 Å². The molecule has 0 radical (unpaired) electrons. The Hall–Kier alpha value is -1.66. The summed E-state index contributed by atoms with van der Waals surface area (Å²) in [6.07, 6.45) is 4.61. The molecule has 3 rings (SSSR count). The zero-order valence-electron chi connectivity index (χ0n) is 11.8. The van der Waals surface area contributed by atoms with Gasteiger partial charge < -0.3 is 15.0 Å². The molecule has 112 valence electrons. The summed E-state index contributed by atoms with van der Waals surface area (Å²) in [5.74, 6) is 2.16. The summed E-state index contributed by atoms with van der Waals surface area (Å²) in [5, 5.41) is 22.2. The summed E-state index contributed by atoms with van der Waals surface area (Å²) in [4.78, 5) is 4.20. The first-order valence-electron chi connectivity index (χ1n) is 7.01. The van der Waals surface area contributed by atoms with Crippen molar-refractivity contribution in [3.05, 3.63) is 35.5 Å². The molecule has 0 amide bonds. The number of halogens is 1. The standard InChI is InChI=1S/C14H18ClN5O/c1-20-8-18-19-14(20)9-4-10(12(21)5-9)6-16-13-3-2-11(15)7-17-13/h2-3,7-10,12,21H,4-6H2,1H3,(H,16,17)/t9-,10+,12+/m0/s1. The zero-order valence-corrected chi connectivity index (χ0v) is 12.5. The van der Waals surface area contributed by atoms with Crippen molar-refractivity contribution in [2.24, 2.45) is 13.0 Å². The highest BCUT2D eigenvalue weighted by Crippen LogP contribution is 2.37. The third-order valence-corrected chi connectivity index (χ3v) is 4.27. The molecule has 0 spiro atoms. The molecule has 7 heteroatoms. The highest BCUT2D eigenvalue weighted by molar-refractivity contribution is 6.30. The van der Waals surface area contributed by atoms with Crippen LogP contribution >= 0.6 is 11.6 Å². The highest BCUT2D eigenvalue weighted by atomic mass is 35.5. The van der Waals surface area contributed by atoms with Crippen molar-refractivity contribution in [3.8, 4) is 0 Å². The van der Waals surface area contributed by atoms with Crippen LogP contribution in [0.15, 0.2) is 24.7 Å². The first-order chi connectivity index (χ1) is 10.1. The lowest BCUT2D eigenvalue weighted by atomic mass is 10.0. The number of hydrogen-bond donors (Lipinski definition) is 2. The molecule has 6 nitrogen and oxygen atoms in total. The van der Waals surface area contributed by atoms with E-state index in [1.807, 2.05) is 17.7 Å². The van der Waals surface area contributed by atoms with Gasteiger partial charge in [0.15, 0.2) is 0 Å². The number of aromatic nitrogens is 4. The average molecular weight is 308 g/mol. The lowest BCUT2D eigenvalue weighted by Crippen LogP contribution is -2.22. The van der Waals surface area contributed by atoms with E-state index in [0.717, 1.165) is 24.5 Å². The molecule has 2 N–H and O–H groups in total. The number of aliphatic hydroxyl groups excluding tert-OH is 1. The fourth-order valence-electron chi connectivity index (χ4n) is 2.91. The SMILES string of the molecule is Cn1cnnc1[C@H]1C[C@H](CNc2ccc(Cl)cn2)[C@H](O)C1. The third kappa shape index (κ3) is 3.16. The van der Waals surface area contributed by atoms with E-state index in [-0.39, 0.29) is 17.9 Å². The van der Waals surface area contributed by atoms with Crippen molar-refractivity contribution in [1.29, 1.82) is 0 Å². The molecule has 1 aliphatic rings. The normalized spacial score (nSPS) is 25.2. The van der Waals surface area contributed by atoms with Gasteiger partial charge in [-0.25, -0.2) is 4.98 Å². The lowest BCUT2D eigenvalue weighted by molar-refractivity contribution is 0.137. The molecule has 0 bridgehead atoms. The smallest absolute Gasteiger partial charge is 0.135 e. The maximum atomic E-state index is 10.2. The predicted molar refractivity (Wildman–Crippen MR) is 80.2 cm³/mol. The lowest BCUT2D eigenvalue weighted by Gasteiger charge is -2.15. The second-order valence-electron chi connectivity index (χ2n) is 5.54. The van der Waals surface area contributed by atoms with Crippen LogP contribution in [0.25, 0.3) is 0 Å². The third-order valence-electron chi connectivity index (χ3n) is 4.04. The van der Waals surface area contributed by atoms with E-state index in [2.05, 4.69) is 20.5 Å². The van der Waals surface area contributed by atoms with Gasteiger partial charge in [-0.1, -0.05) is 11.6 Å². The molecule has 2 aromatic rings. The van der Waals surface area contributed by atoms with Gasteiger partial charge in [0, 0.05) is 31.6 Å². The van der Waals surface area contributed by atoms with E-state index in [4.69, 9.17) is 11.6 Å². The molecule has 21 heavy (non-hydrogen) atoms. The Morgan fingerprint density at radius 1 is 1.43 bits per heavy atom. The van der Waals surface area contributed by atoms with Crippen molar-refractivity contribution in [2.75, 3.05) is 11.9 Å². The first kappa shape index (κ1) is 14.3. The van der Waals surface area contributed by atoms with Gasteiger partial charge in [0.2, 0.25) is 0 Å². The van der Waals surface area contributed by atoms with Crippen molar-refractivity contribution >= 4 is 17.4 Å². The van der Waals surface area contributed by atoms with Gasteiger partial charge in [-0.15, -0.1) is 10.2 Å². The molecular formula is C14H18ClN5O. The molecule has 2 heterocycles. The number of pyridine rings is 1. The van der Waals surface area contributed by atoms with Gasteiger partial charge in [0.25, 0.3) is 0 Å². The van der Waals surface area contributed by atoms with Crippen LogP contribution in [0.1, 0.15) is 24.6 Å². The molecule has 0 aromatic carbocycles. The number of aliphatic hydroxyl groups is 1. The maximum absolute atomic E-state index is 10.2. The van der Waals surface area contributed by atoms with Crippen molar-refractivity contribution in [3.63, 3.8) is 0 Å². The first-order valence-corrected chi connectivity index (χ1v) is 7.38. The summed E-state index contributed by atoms with van der Waals surface area (Å²) < 4.78 is 1.92. The minimum absolute atomic E-state index is 0.184. The Labute approximate surface area is 128 Å². The minimum Gasteiger partial charge on any atom is -0.393 e. The van der Waals surface area contributed by atoms with Gasteiger partial charge in [0.1, 0.15) is 18.0 Å². The predicted octanol–water partition coefficient (Wildman–Crippen LogP) is 1.83. The van der Waals surface area contributed by atoms with Crippen LogP contribution in [0.2, 0.25) is 5.02 Å². The van der Waals surface area contributed by atoms with E-state index in [9.17, 15) is 5.11 Å². The van der Waals surface area contributed by atoms with Gasteiger partial charge in [-0.2, -0.15) is 0 Å². The summed E-state index contributed by atoms with van der Waals surface area (Å²) in [6, 6.07) is 3.63. The Morgan fingerprint density at radius 2 is 2.29 bits per heavy atom. The summed E-state index contributed by atoms with van der Waals surface area (Å²) >= 11 is 5.81. The average Bonchev–Trinajstić information content (AvgIpc) is 3.04. The Bertz CT molecular complexity index is 600. The van der Waals surface area contributed by atoms with Crippen molar-refractivity contribution in [1.82, 2.24) is 19.7 Å². The van der Waals surface area contributed by atoms with Crippen LogP contribution in [0, 0.1) is 5.92 Å². The van der Waals surface area contributed by atoms with E-state index in [1.54, 1.807) is 18.6 Å². The van der Waals surface area contributed by atoms with Crippen molar-refractivity contribution < 1.29 is 5.11 Å². The molecule has 0 saturated heterocycles. The number of anilines is 1. The molecule has 3 atom stereocenters. The molecule has 1 aliphatic carbocycles.